The number of benzene rings is 1. The molecule has 3 rings (SSSR count). The molecule has 1 aromatic carbocycles. The number of amides is 1. The Balaban J connectivity index is 1.51. The number of nitrogens with zero attached hydrogens (tertiary/aromatic N) is 3. The molecule has 0 radical (unpaired) electrons. The van der Waals surface area contributed by atoms with Crippen molar-refractivity contribution in [2.45, 2.75) is 26.3 Å². The number of hydrogen-bond donors (Lipinski definition) is 1. The number of thiazole rings is 1. The van der Waals surface area contributed by atoms with Gasteiger partial charge < -0.3 is 5.32 Å². The summed E-state index contributed by atoms with van der Waals surface area (Å²) < 4.78 is 25.0. The van der Waals surface area contributed by atoms with Crippen LogP contribution in [0.1, 0.15) is 22.7 Å². The fourth-order valence-electron chi connectivity index (χ4n) is 3.15. The number of aromatic nitrogens is 1. The molecule has 1 amide bonds. The Kier molecular flexibility index (Phi) is 6.82. The maximum atomic E-state index is 12.2. The maximum Gasteiger partial charge on any atom is 0.231 e. The molecule has 0 bridgehead atoms. The van der Waals surface area contributed by atoms with Gasteiger partial charge in [-0.15, -0.1) is 11.3 Å². The van der Waals surface area contributed by atoms with E-state index in [4.69, 9.17) is 0 Å². The first kappa shape index (κ1) is 20.9. The van der Waals surface area contributed by atoms with Crippen LogP contribution in [0.15, 0.2) is 29.6 Å². The molecule has 0 aliphatic carbocycles. The molecule has 1 fully saturated rings. The third kappa shape index (κ3) is 6.10. The standard InChI is InChI=1S/C19H26N4O3S2/c1-15-4-6-16(7-5-15)20-18(24)12-19-21-17(14-27-19)13-22-8-3-9-23(11-10-22)28(2,25)26/h4-7,14H,3,8-13H2,1-2H3,(H,20,24). The van der Waals surface area contributed by atoms with Gasteiger partial charge in [-0.25, -0.2) is 17.7 Å². The van der Waals surface area contributed by atoms with Crippen molar-refractivity contribution >= 4 is 33.0 Å². The lowest BCUT2D eigenvalue weighted by atomic mass is 10.2. The summed E-state index contributed by atoms with van der Waals surface area (Å²) in [5, 5.41) is 5.65. The summed E-state index contributed by atoms with van der Waals surface area (Å²) in [6, 6.07) is 7.70. The quantitative estimate of drug-likeness (QED) is 0.771. The number of carbonyl (C=O) groups excluding carboxylic acids is 1. The zero-order valence-electron chi connectivity index (χ0n) is 16.2. The third-order valence-electron chi connectivity index (χ3n) is 4.65. The minimum atomic E-state index is -3.13. The molecule has 28 heavy (non-hydrogen) atoms. The van der Waals surface area contributed by atoms with Crippen molar-refractivity contribution in [1.82, 2.24) is 14.2 Å². The van der Waals surface area contributed by atoms with Crippen LogP contribution in [0.2, 0.25) is 0 Å². The van der Waals surface area contributed by atoms with E-state index in [0.29, 0.717) is 26.2 Å². The van der Waals surface area contributed by atoms with Gasteiger partial charge >= 0.3 is 0 Å². The predicted octanol–water partition coefficient (Wildman–Crippen LogP) is 2.10. The molecule has 1 aromatic heterocycles. The molecule has 9 heteroatoms. The van der Waals surface area contributed by atoms with Crippen molar-refractivity contribution in [3.05, 3.63) is 45.9 Å². The van der Waals surface area contributed by atoms with E-state index in [1.54, 1.807) is 0 Å². The number of sulfonamides is 1. The summed E-state index contributed by atoms with van der Waals surface area (Å²) in [6.45, 7) is 5.28. The first-order valence-electron chi connectivity index (χ1n) is 9.27. The molecule has 7 nitrogen and oxygen atoms in total. The number of carbonyl (C=O) groups is 1. The van der Waals surface area contributed by atoms with Crippen LogP contribution in [0.3, 0.4) is 0 Å². The minimum absolute atomic E-state index is 0.0803. The molecular weight excluding hydrogens is 396 g/mol. The predicted molar refractivity (Wildman–Crippen MR) is 112 cm³/mol. The second-order valence-corrected chi connectivity index (χ2v) is 10.0. The van der Waals surface area contributed by atoms with Crippen LogP contribution >= 0.6 is 11.3 Å². The van der Waals surface area contributed by atoms with Crippen molar-refractivity contribution in [2.24, 2.45) is 0 Å². The number of hydrogen-bond acceptors (Lipinski definition) is 6. The lowest BCUT2D eigenvalue weighted by molar-refractivity contribution is -0.115. The molecule has 0 saturated carbocycles. The Morgan fingerprint density at radius 2 is 1.93 bits per heavy atom. The van der Waals surface area contributed by atoms with Gasteiger partial charge in [-0.2, -0.15) is 0 Å². The second-order valence-electron chi connectivity index (χ2n) is 7.12. The van der Waals surface area contributed by atoms with E-state index in [1.807, 2.05) is 36.6 Å². The van der Waals surface area contributed by atoms with Gasteiger partial charge in [0.15, 0.2) is 0 Å². The number of nitrogens with one attached hydrogen (secondary N) is 1. The highest BCUT2D eigenvalue weighted by Crippen LogP contribution is 2.16. The maximum absolute atomic E-state index is 12.2. The largest absolute Gasteiger partial charge is 0.326 e. The lowest BCUT2D eigenvalue weighted by Crippen LogP contribution is -2.34. The van der Waals surface area contributed by atoms with E-state index >= 15 is 0 Å². The number of anilines is 1. The van der Waals surface area contributed by atoms with Gasteiger partial charge in [0, 0.05) is 37.2 Å². The van der Waals surface area contributed by atoms with Gasteiger partial charge in [-0.1, -0.05) is 17.7 Å². The highest BCUT2D eigenvalue weighted by molar-refractivity contribution is 7.88. The van der Waals surface area contributed by atoms with Crippen molar-refractivity contribution in [1.29, 1.82) is 0 Å². The molecule has 2 heterocycles. The Morgan fingerprint density at radius 1 is 1.18 bits per heavy atom. The Morgan fingerprint density at radius 3 is 2.64 bits per heavy atom. The second kappa shape index (κ2) is 9.13. The summed E-state index contributed by atoms with van der Waals surface area (Å²) in [5.74, 6) is -0.0803. The molecule has 1 aliphatic rings. The highest BCUT2D eigenvalue weighted by Gasteiger charge is 2.21. The number of aryl methyl sites for hydroxylation is 1. The van der Waals surface area contributed by atoms with Gasteiger partial charge in [0.05, 0.1) is 18.4 Å². The molecule has 152 valence electrons. The van der Waals surface area contributed by atoms with E-state index in [2.05, 4.69) is 15.2 Å². The summed E-state index contributed by atoms with van der Waals surface area (Å²) in [7, 11) is -3.13. The monoisotopic (exact) mass is 422 g/mol. The Bertz CT molecular complexity index is 910. The summed E-state index contributed by atoms with van der Waals surface area (Å²) >= 11 is 1.48. The Labute approximate surface area is 170 Å². The first-order valence-corrected chi connectivity index (χ1v) is 12.0. The van der Waals surface area contributed by atoms with Gasteiger partial charge in [0.1, 0.15) is 5.01 Å². The zero-order chi connectivity index (χ0) is 20.1. The minimum Gasteiger partial charge on any atom is -0.326 e. The third-order valence-corrected chi connectivity index (χ3v) is 6.85. The average molecular weight is 423 g/mol. The molecule has 2 aromatic rings. The van der Waals surface area contributed by atoms with Crippen LogP contribution in [0, 0.1) is 6.92 Å². The van der Waals surface area contributed by atoms with Gasteiger partial charge in [-0.05, 0) is 32.0 Å². The van der Waals surface area contributed by atoms with Crippen molar-refractivity contribution < 1.29 is 13.2 Å². The van der Waals surface area contributed by atoms with Crippen LogP contribution in [-0.2, 0) is 27.8 Å². The van der Waals surface area contributed by atoms with Crippen LogP contribution in [-0.4, -0.2) is 60.9 Å². The number of rotatable bonds is 6. The molecule has 0 unspecified atom stereocenters. The fraction of sp³-hybridized carbons (Fsp3) is 0.474. The summed E-state index contributed by atoms with van der Waals surface area (Å²) in [6.07, 6.45) is 2.32. The lowest BCUT2D eigenvalue weighted by Gasteiger charge is -2.19. The van der Waals surface area contributed by atoms with E-state index in [0.717, 1.165) is 34.9 Å². The topological polar surface area (TPSA) is 82.6 Å². The molecule has 0 spiro atoms. The molecular formula is C19H26N4O3S2. The van der Waals surface area contributed by atoms with Gasteiger partial charge in [-0.3, -0.25) is 9.69 Å². The van der Waals surface area contributed by atoms with E-state index < -0.39 is 10.0 Å². The van der Waals surface area contributed by atoms with Crippen LogP contribution < -0.4 is 5.32 Å². The fourth-order valence-corrected chi connectivity index (χ4v) is 4.81. The van der Waals surface area contributed by atoms with Gasteiger partial charge in [0.25, 0.3) is 0 Å². The summed E-state index contributed by atoms with van der Waals surface area (Å²) in [4.78, 5) is 19.0. The van der Waals surface area contributed by atoms with E-state index in [-0.39, 0.29) is 12.3 Å². The van der Waals surface area contributed by atoms with E-state index in [1.165, 1.54) is 21.9 Å². The normalized spacial score (nSPS) is 16.6. The molecule has 1 saturated heterocycles. The van der Waals surface area contributed by atoms with Crippen LogP contribution in [0.5, 0.6) is 0 Å². The summed E-state index contributed by atoms with van der Waals surface area (Å²) in [5.41, 5.74) is 2.86. The highest BCUT2D eigenvalue weighted by atomic mass is 32.2. The van der Waals surface area contributed by atoms with Gasteiger partial charge in [0.2, 0.25) is 15.9 Å². The van der Waals surface area contributed by atoms with Crippen LogP contribution in [0.4, 0.5) is 5.69 Å². The smallest absolute Gasteiger partial charge is 0.231 e. The van der Waals surface area contributed by atoms with Crippen molar-refractivity contribution in [3.8, 4) is 0 Å². The average Bonchev–Trinajstić information content (AvgIpc) is 2.90. The SMILES string of the molecule is Cc1ccc(NC(=O)Cc2nc(CN3CCCN(S(C)(=O)=O)CC3)cs2)cc1. The first-order chi connectivity index (χ1) is 13.3. The van der Waals surface area contributed by atoms with Crippen molar-refractivity contribution in [3.63, 3.8) is 0 Å². The zero-order valence-corrected chi connectivity index (χ0v) is 17.9. The molecule has 0 atom stereocenters. The molecule has 1 aliphatic heterocycles. The van der Waals surface area contributed by atoms with E-state index in [9.17, 15) is 13.2 Å². The van der Waals surface area contributed by atoms with Crippen LogP contribution in [0.25, 0.3) is 0 Å². The molecule has 1 N–H and O–H groups in total. The Hall–Kier alpha value is -1.81. The van der Waals surface area contributed by atoms with Crippen molar-refractivity contribution in [2.75, 3.05) is 37.8 Å².